The van der Waals surface area contributed by atoms with Crippen LogP contribution in [0.15, 0.2) is 24.3 Å². The van der Waals surface area contributed by atoms with Crippen molar-refractivity contribution in [3.05, 3.63) is 29.2 Å². The maximum atomic E-state index is 8.41. The molecular weight excluding hydrogens is 287 g/mol. The smallest absolute Gasteiger partial charge is 0.378 e. The molecule has 0 heterocycles. The summed E-state index contributed by atoms with van der Waals surface area (Å²) in [7, 11) is 1.07. The molecule has 0 aliphatic carbocycles. The van der Waals surface area contributed by atoms with Crippen LogP contribution in [0.1, 0.15) is 0 Å². The quantitative estimate of drug-likeness (QED) is 0.472. The third kappa shape index (κ3) is 8.53. The van der Waals surface area contributed by atoms with Crippen LogP contribution in [-0.4, -0.2) is 14.1 Å². The zero-order valence-electron chi connectivity index (χ0n) is 8.96. The number of hydrogen-bond acceptors (Lipinski definition) is 5. The Morgan fingerprint density at radius 2 is 1.50 bits per heavy atom. The first kappa shape index (κ1) is 17.6. The van der Waals surface area contributed by atoms with E-state index in [1.54, 1.807) is 12.1 Å². The number of nitrogens with zero attached hydrogens (tertiary/aromatic N) is 3. The monoisotopic (exact) mass is 295 g/mol. The Morgan fingerprint density at radius 1 is 1.12 bits per heavy atom. The van der Waals surface area contributed by atoms with Gasteiger partial charge in [-0.05, 0) is 12.1 Å². The summed E-state index contributed by atoms with van der Waals surface area (Å²) in [4.78, 5) is 5.04. The molecule has 0 aromatic heterocycles. The van der Waals surface area contributed by atoms with E-state index in [0.29, 0.717) is 5.69 Å². The van der Waals surface area contributed by atoms with Gasteiger partial charge in [-0.3, -0.25) is 0 Å². The topological polar surface area (TPSA) is 101 Å². The largest absolute Gasteiger partial charge is 0.385 e. The van der Waals surface area contributed by atoms with E-state index < -0.39 is 10.8 Å². The van der Waals surface area contributed by atoms with Gasteiger partial charge in [-0.2, -0.15) is 0 Å². The summed E-state index contributed by atoms with van der Waals surface area (Å²) >= 11 is 0. The Hall–Kier alpha value is -0.767. The van der Waals surface area contributed by atoms with E-state index >= 15 is 0 Å². The van der Waals surface area contributed by atoms with Gasteiger partial charge >= 0.3 is 5.69 Å². The van der Waals surface area contributed by atoms with Crippen LogP contribution in [0, 0.1) is 16.2 Å². The first-order valence-corrected chi connectivity index (χ1v) is 4.75. The standard InChI is InChI=1S/C8H10N3.ClO3.Zn/c1-11(2)8-5-3-7(10-9)4-6-8;2-1(3)4;/h3-6H,1-2H3;;/q+1;-1;. The van der Waals surface area contributed by atoms with Crippen molar-refractivity contribution in [2.45, 2.75) is 0 Å². The van der Waals surface area contributed by atoms with Crippen molar-refractivity contribution in [3.63, 3.8) is 0 Å². The molecule has 8 heteroatoms. The third-order valence-electron chi connectivity index (χ3n) is 1.48. The molecule has 0 amide bonds. The Balaban J connectivity index is 0. The van der Waals surface area contributed by atoms with E-state index in [2.05, 4.69) is 4.98 Å². The summed E-state index contributed by atoms with van der Waals surface area (Å²) in [6, 6.07) is 7.31. The molecule has 0 bridgehead atoms. The van der Waals surface area contributed by atoms with Gasteiger partial charge in [0.2, 0.25) is 5.39 Å². The van der Waals surface area contributed by atoms with Crippen molar-refractivity contribution in [2.75, 3.05) is 19.0 Å². The molecule has 0 unspecified atom stereocenters. The fourth-order valence-electron chi connectivity index (χ4n) is 0.817. The second-order valence-electron chi connectivity index (χ2n) is 2.70. The fraction of sp³-hybridized carbons (Fsp3) is 0.250. The summed E-state index contributed by atoms with van der Waals surface area (Å²) in [5.41, 5.74) is 1.67. The number of hydrogen-bond donors (Lipinski definition) is 0. The molecule has 1 rings (SSSR count). The molecule has 0 atom stereocenters. The van der Waals surface area contributed by atoms with Crippen LogP contribution in [0.25, 0.3) is 4.98 Å². The summed E-state index contributed by atoms with van der Waals surface area (Å²) in [5.74, 6) is 0. The van der Waals surface area contributed by atoms with Gasteiger partial charge in [0.1, 0.15) is 0 Å². The zero-order valence-corrected chi connectivity index (χ0v) is 12.7. The maximum Gasteiger partial charge on any atom is 0.385 e. The molecule has 0 N–H and O–H groups in total. The molecule has 84 valence electrons. The summed E-state index contributed by atoms with van der Waals surface area (Å²) in [6.45, 7) is 0. The average molecular weight is 297 g/mol. The zero-order chi connectivity index (χ0) is 11.8. The van der Waals surface area contributed by atoms with Crippen molar-refractivity contribution in [1.29, 1.82) is 5.39 Å². The molecule has 0 saturated heterocycles. The second kappa shape index (κ2) is 9.46. The van der Waals surface area contributed by atoms with Gasteiger partial charge in [-0.25, -0.2) is 0 Å². The minimum absolute atomic E-state index is 0. The van der Waals surface area contributed by atoms with Crippen molar-refractivity contribution < 1.29 is 44.2 Å². The molecular formula is C8H10ClN3O3Zn. The van der Waals surface area contributed by atoms with Crippen LogP contribution < -0.4 is 18.9 Å². The van der Waals surface area contributed by atoms with Crippen LogP contribution >= 0.6 is 0 Å². The molecule has 0 radical (unpaired) electrons. The van der Waals surface area contributed by atoms with Crippen molar-refractivity contribution >= 4 is 11.4 Å². The molecule has 0 aliphatic rings. The van der Waals surface area contributed by atoms with Crippen LogP contribution in [-0.2, 0) is 19.5 Å². The van der Waals surface area contributed by atoms with E-state index in [1.165, 1.54) is 0 Å². The predicted octanol–water partition coefficient (Wildman–Crippen LogP) is -1.33. The van der Waals surface area contributed by atoms with E-state index in [1.807, 2.05) is 31.1 Å². The Morgan fingerprint density at radius 3 is 1.75 bits per heavy atom. The molecule has 0 fully saturated rings. The number of anilines is 1. The van der Waals surface area contributed by atoms with Gasteiger partial charge < -0.3 is 18.9 Å². The summed E-state index contributed by atoms with van der Waals surface area (Å²) in [5, 5.41) is 8.38. The Bertz CT molecular complexity index is 324. The van der Waals surface area contributed by atoms with Crippen molar-refractivity contribution in [3.8, 4) is 0 Å². The van der Waals surface area contributed by atoms with Gasteiger partial charge in [0.25, 0.3) is 0 Å². The minimum Gasteiger partial charge on any atom is -0.378 e. The van der Waals surface area contributed by atoms with Gasteiger partial charge in [0.05, 0.1) is 10.8 Å². The Kier molecular flexibility index (Phi) is 10.4. The average Bonchev–Trinajstić information content (AvgIpc) is 2.17. The maximum absolute atomic E-state index is 8.41. The van der Waals surface area contributed by atoms with Crippen molar-refractivity contribution in [1.82, 2.24) is 0 Å². The molecule has 16 heavy (non-hydrogen) atoms. The van der Waals surface area contributed by atoms with Gasteiger partial charge in [0.15, 0.2) is 4.98 Å². The summed E-state index contributed by atoms with van der Waals surface area (Å²) in [6.07, 6.45) is 0. The van der Waals surface area contributed by atoms with Gasteiger partial charge in [-0.1, -0.05) is 0 Å². The third-order valence-corrected chi connectivity index (χ3v) is 1.48. The van der Waals surface area contributed by atoms with E-state index in [4.69, 9.17) is 19.4 Å². The minimum atomic E-state index is -2.85. The molecule has 0 aliphatic heterocycles. The molecule has 6 nitrogen and oxygen atoms in total. The molecule has 0 spiro atoms. The number of rotatable bonds is 1. The van der Waals surface area contributed by atoms with E-state index in [-0.39, 0.29) is 19.5 Å². The molecule has 1 aromatic rings. The van der Waals surface area contributed by atoms with Crippen LogP contribution in [0.4, 0.5) is 11.4 Å². The Labute approximate surface area is 109 Å². The number of diazo groups is 1. The SMILES string of the molecule is CN(C)c1ccc([N+]#N)cc1.[O-][Cl+2]([O-])[O-].[Zn]. The van der Waals surface area contributed by atoms with E-state index in [9.17, 15) is 0 Å². The predicted molar refractivity (Wildman–Crippen MR) is 45.5 cm³/mol. The first-order valence-electron chi connectivity index (χ1n) is 3.83. The second-order valence-corrected chi connectivity index (χ2v) is 3.08. The summed E-state index contributed by atoms with van der Waals surface area (Å²) < 4.78 is 25.2. The number of benzene rings is 1. The van der Waals surface area contributed by atoms with Crippen LogP contribution in [0.2, 0.25) is 0 Å². The van der Waals surface area contributed by atoms with Crippen LogP contribution in [0.3, 0.4) is 0 Å². The normalized spacial score (nSPS) is 8.31. The first-order chi connectivity index (χ1) is 6.97. The molecule has 0 saturated carbocycles. The fourth-order valence-corrected chi connectivity index (χ4v) is 0.817. The van der Waals surface area contributed by atoms with Crippen LogP contribution in [0.5, 0.6) is 0 Å². The number of halogens is 1. The van der Waals surface area contributed by atoms with Crippen molar-refractivity contribution in [2.24, 2.45) is 0 Å². The van der Waals surface area contributed by atoms with Gasteiger partial charge in [-0.15, -0.1) is 0 Å². The molecule has 1 aromatic carbocycles. The van der Waals surface area contributed by atoms with Gasteiger partial charge in [0, 0.05) is 51.4 Å². The van der Waals surface area contributed by atoms with E-state index in [0.717, 1.165) is 5.69 Å².